The molecule has 1 N–H and O–H groups in total. The molecule has 1 saturated carbocycles. The Balaban J connectivity index is 1.55. The van der Waals surface area contributed by atoms with Gasteiger partial charge in [0.25, 0.3) is 0 Å². The molecule has 0 radical (unpaired) electrons. The van der Waals surface area contributed by atoms with Crippen molar-refractivity contribution in [3.05, 3.63) is 17.1 Å². The first-order valence-electron chi connectivity index (χ1n) is 9.17. The number of alkyl halides is 2. The van der Waals surface area contributed by atoms with E-state index in [-0.39, 0.29) is 25.0 Å². The highest BCUT2D eigenvalue weighted by molar-refractivity contribution is 7.13. The first-order chi connectivity index (χ1) is 13.0. The molecule has 6 nitrogen and oxygen atoms in total. The van der Waals surface area contributed by atoms with Gasteiger partial charge in [-0.25, -0.2) is 18.7 Å². The summed E-state index contributed by atoms with van der Waals surface area (Å²) in [6.07, 6.45) is 1.40. The molecule has 2 aliphatic rings. The standard InChI is InChI=1S/C18H22F2N4O2S/c1-11-10-27-17(21-11)16-23-14(22-12-2-5-18(19,20)6-3-12)8-15(24-16)26-13-4-7-25-9-13/h8,10,12-13H,2-7,9H2,1H3,(H,22,23,24). The number of nitrogens with zero attached hydrogens (tertiary/aromatic N) is 3. The van der Waals surface area contributed by atoms with Crippen molar-refractivity contribution >= 4 is 17.2 Å². The second kappa shape index (κ2) is 7.63. The van der Waals surface area contributed by atoms with Crippen LogP contribution in [0.5, 0.6) is 5.88 Å². The molecular weight excluding hydrogens is 374 g/mol. The van der Waals surface area contributed by atoms with Crippen LogP contribution < -0.4 is 10.1 Å². The van der Waals surface area contributed by atoms with Crippen LogP contribution >= 0.6 is 11.3 Å². The van der Waals surface area contributed by atoms with E-state index in [0.717, 1.165) is 12.1 Å². The predicted molar refractivity (Wildman–Crippen MR) is 98.6 cm³/mol. The normalized spacial score (nSPS) is 22.7. The van der Waals surface area contributed by atoms with Gasteiger partial charge in [0, 0.05) is 42.4 Å². The first kappa shape index (κ1) is 18.5. The molecule has 0 bridgehead atoms. The third kappa shape index (κ3) is 4.70. The summed E-state index contributed by atoms with van der Waals surface area (Å²) in [4.78, 5) is 13.5. The van der Waals surface area contributed by atoms with Gasteiger partial charge in [-0.1, -0.05) is 0 Å². The number of rotatable bonds is 5. The molecule has 2 aromatic rings. The molecule has 9 heteroatoms. The largest absolute Gasteiger partial charge is 0.472 e. The zero-order valence-corrected chi connectivity index (χ0v) is 15.9. The Hall–Kier alpha value is -1.87. The second-order valence-electron chi connectivity index (χ2n) is 7.09. The molecule has 4 rings (SSSR count). The molecule has 0 spiro atoms. The number of thiazole rings is 1. The smallest absolute Gasteiger partial charge is 0.248 e. The Bertz CT molecular complexity index is 785. The summed E-state index contributed by atoms with van der Waals surface area (Å²) in [6, 6.07) is 1.70. The molecule has 1 aliphatic heterocycles. The van der Waals surface area contributed by atoms with Gasteiger partial charge in [-0.15, -0.1) is 11.3 Å². The highest BCUT2D eigenvalue weighted by Crippen LogP contribution is 2.34. The van der Waals surface area contributed by atoms with E-state index in [1.54, 1.807) is 6.07 Å². The van der Waals surface area contributed by atoms with Crippen molar-refractivity contribution in [2.24, 2.45) is 0 Å². The van der Waals surface area contributed by atoms with Crippen LogP contribution in [0.25, 0.3) is 10.8 Å². The van der Waals surface area contributed by atoms with E-state index in [2.05, 4.69) is 20.3 Å². The fourth-order valence-corrected chi connectivity index (χ4v) is 4.01. The Kier molecular flexibility index (Phi) is 5.23. The van der Waals surface area contributed by atoms with Gasteiger partial charge in [0.1, 0.15) is 11.9 Å². The summed E-state index contributed by atoms with van der Waals surface area (Å²) in [5, 5.41) is 5.93. The number of ether oxygens (including phenoxy) is 2. The zero-order valence-electron chi connectivity index (χ0n) is 15.1. The van der Waals surface area contributed by atoms with E-state index in [4.69, 9.17) is 9.47 Å². The lowest BCUT2D eigenvalue weighted by Gasteiger charge is -2.29. The topological polar surface area (TPSA) is 69.2 Å². The summed E-state index contributed by atoms with van der Waals surface area (Å²) >= 11 is 1.47. The van der Waals surface area contributed by atoms with Crippen molar-refractivity contribution in [2.75, 3.05) is 18.5 Å². The van der Waals surface area contributed by atoms with E-state index >= 15 is 0 Å². The third-order valence-corrected chi connectivity index (χ3v) is 5.71. The number of aryl methyl sites for hydroxylation is 1. The third-order valence-electron chi connectivity index (χ3n) is 4.76. The molecule has 0 amide bonds. The van der Waals surface area contributed by atoms with Crippen molar-refractivity contribution in [2.45, 2.75) is 57.1 Å². The lowest BCUT2D eigenvalue weighted by molar-refractivity contribution is -0.0361. The summed E-state index contributed by atoms with van der Waals surface area (Å²) < 4.78 is 38.1. The van der Waals surface area contributed by atoms with Crippen LogP contribution in [0.2, 0.25) is 0 Å². The summed E-state index contributed by atoms with van der Waals surface area (Å²) in [7, 11) is 0. The highest BCUT2D eigenvalue weighted by Gasteiger charge is 2.35. The molecular formula is C18H22F2N4O2S. The second-order valence-corrected chi connectivity index (χ2v) is 7.95. The van der Waals surface area contributed by atoms with E-state index in [1.807, 2.05) is 12.3 Å². The summed E-state index contributed by atoms with van der Waals surface area (Å²) in [6.45, 7) is 3.13. The van der Waals surface area contributed by atoms with Gasteiger partial charge in [0.2, 0.25) is 11.8 Å². The van der Waals surface area contributed by atoms with Gasteiger partial charge in [0.05, 0.1) is 13.2 Å². The average molecular weight is 396 g/mol. The molecule has 146 valence electrons. The summed E-state index contributed by atoms with van der Waals surface area (Å²) in [5.74, 6) is -1.04. The number of hydrogen-bond acceptors (Lipinski definition) is 7. The highest BCUT2D eigenvalue weighted by atomic mass is 32.1. The van der Waals surface area contributed by atoms with Gasteiger partial charge >= 0.3 is 0 Å². The van der Waals surface area contributed by atoms with Crippen LogP contribution in [-0.4, -0.2) is 46.2 Å². The maximum atomic E-state index is 13.4. The lowest BCUT2D eigenvalue weighted by atomic mass is 9.92. The Labute approximate surface area is 160 Å². The fraction of sp³-hybridized carbons (Fsp3) is 0.611. The first-order valence-corrected chi connectivity index (χ1v) is 10.1. The fourth-order valence-electron chi connectivity index (χ4n) is 3.28. The molecule has 27 heavy (non-hydrogen) atoms. The Morgan fingerprint density at radius 2 is 2.04 bits per heavy atom. The van der Waals surface area contributed by atoms with Gasteiger partial charge < -0.3 is 14.8 Å². The van der Waals surface area contributed by atoms with Crippen molar-refractivity contribution in [1.29, 1.82) is 0 Å². The van der Waals surface area contributed by atoms with Crippen molar-refractivity contribution < 1.29 is 18.3 Å². The van der Waals surface area contributed by atoms with Gasteiger partial charge in [-0.3, -0.25) is 0 Å². The van der Waals surface area contributed by atoms with Crippen molar-refractivity contribution in [1.82, 2.24) is 15.0 Å². The SMILES string of the molecule is Cc1csc(-c2nc(NC3CCC(F)(F)CC3)cc(OC3CCOC3)n2)n1. The molecule has 2 aromatic heterocycles. The number of halogens is 2. The molecule has 3 heterocycles. The lowest BCUT2D eigenvalue weighted by Crippen LogP contribution is -2.32. The molecule has 1 saturated heterocycles. The number of hydrogen-bond donors (Lipinski definition) is 1. The van der Waals surface area contributed by atoms with Gasteiger partial charge in [-0.05, 0) is 19.8 Å². The zero-order chi connectivity index (χ0) is 18.9. The minimum Gasteiger partial charge on any atom is -0.472 e. The quantitative estimate of drug-likeness (QED) is 0.822. The molecule has 1 aliphatic carbocycles. The average Bonchev–Trinajstić information content (AvgIpc) is 3.28. The van der Waals surface area contributed by atoms with Gasteiger partial charge in [0.15, 0.2) is 10.8 Å². The minimum absolute atomic E-state index is 0.0342. The van der Waals surface area contributed by atoms with Crippen LogP contribution in [0.4, 0.5) is 14.6 Å². The van der Waals surface area contributed by atoms with Crippen LogP contribution in [0.1, 0.15) is 37.8 Å². The number of aromatic nitrogens is 3. The van der Waals surface area contributed by atoms with Gasteiger partial charge in [-0.2, -0.15) is 4.98 Å². The Morgan fingerprint density at radius 1 is 1.22 bits per heavy atom. The van der Waals surface area contributed by atoms with E-state index in [1.165, 1.54) is 11.3 Å². The monoisotopic (exact) mass is 396 g/mol. The van der Waals surface area contributed by atoms with E-state index < -0.39 is 5.92 Å². The van der Waals surface area contributed by atoms with E-state index in [0.29, 0.717) is 48.6 Å². The van der Waals surface area contributed by atoms with Crippen molar-refractivity contribution in [3.63, 3.8) is 0 Å². The summed E-state index contributed by atoms with van der Waals surface area (Å²) in [5.41, 5.74) is 0.901. The molecule has 2 fully saturated rings. The van der Waals surface area contributed by atoms with Crippen LogP contribution in [0, 0.1) is 6.92 Å². The Morgan fingerprint density at radius 3 is 2.70 bits per heavy atom. The number of nitrogens with one attached hydrogen (secondary N) is 1. The van der Waals surface area contributed by atoms with E-state index in [9.17, 15) is 8.78 Å². The molecule has 0 aromatic carbocycles. The minimum atomic E-state index is -2.55. The predicted octanol–water partition coefficient (Wildman–Crippen LogP) is 4.07. The van der Waals surface area contributed by atoms with Crippen LogP contribution in [-0.2, 0) is 4.74 Å². The number of anilines is 1. The van der Waals surface area contributed by atoms with Crippen LogP contribution in [0.15, 0.2) is 11.4 Å². The van der Waals surface area contributed by atoms with Crippen molar-refractivity contribution in [3.8, 4) is 16.7 Å². The molecule has 1 unspecified atom stereocenters. The molecule has 1 atom stereocenters. The van der Waals surface area contributed by atoms with Crippen LogP contribution in [0.3, 0.4) is 0 Å². The maximum Gasteiger partial charge on any atom is 0.248 e. The maximum absolute atomic E-state index is 13.4.